The molecular weight excluding hydrogens is 644 g/mol. The first-order valence-electron chi connectivity index (χ1n) is 17.2. The fourth-order valence-electron chi connectivity index (χ4n) is 5.83. The molecule has 2 aliphatic rings. The topological polar surface area (TPSA) is 0 Å². The summed E-state index contributed by atoms with van der Waals surface area (Å²) in [6.45, 7) is 22.5. The van der Waals surface area contributed by atoms with Gasteiger partial charge in [0.1, 0.15) is 0 Å². The van der Waals surface area contributed by atoms with Gasteiger partial charge in [-0.15, -0.1) is 11.1 Å². The van der Waals surface area contributed by atoms with Gasteiger partial charge in [-0.3, -0.25) is 6.08 Å². The van der Waals surface area contributed by atoms with E-state index in [1.807, 2.05) is 0 Å². The third kappa shape index (κ3) is 10.8. The maximum absolute atomic E-state index is 3.67. The Bertz CT molecular complexity index is 1590. The van der Waals surface area contributed by atoms with Crippen LogP contribution in [0.5, 0.6) is 0 Å². The maximum atomic E-state index is 3.67. The van der Waals surface area contributed by atoms with E-state index < -0.39 is 0 Å². The van der Waals surface area contributed by atoms with E-state index in [9.17, 15) is 0 Å². The molecule has 0 bridgehead atoms. The van der Waals surface area contributed by atoms with Crippen LogP contribution in [0.2, 0.25) is 0 Å². The number of fused-ring (bicyclic) bond motifs is 3. The van der Waals surface area contributed by atoms with E-state index in [1.165, 1.54) is 50.1 Å². The summed E-state index contributed by atoms with van der Waals surface area (Å²) >= 11 is 1.55. The van der Waals surface area contributed by atoms with Crippen molar-refractivity contribution in [1.82, 2.24) is 0 Å². The van der Waals surface area contributed by atoms with Gasteiger partial charge >= 0.3 is 112 Å². The van der Waals surface area contributed by atoms with Gasteiger partial charge < -0.3 is 0 Å². The molecule has 47 heavy (non-hydrogen) atoms. The Hall–Kier alpha value is -2.89. The standard InChI is InChI=1S/C21H25.C15H14.C10H15.Zr/c1-20(2,3)16-7-9-18-14(12-16)11-15-13-17(21(4,5)6)8-10-19(15)18;1-3-8-14(9-4-1)12-7-13-15-10-5-2-6-11-15;1-8-5-6-9(7-8)10(2,3)4;/h7-10,12H,11H2,1-6H3;1-6,8-11H,12-13H2;6-8H,1-4H3;/q-1;;-1;+2. The zero-order chi connectivity index (χ0) is 34.4. The van der Waals surface area contributed by atoms with Crippen LogP contribution in [0.1, 0.15) is 103 Å². The van der Waals surface area contributed by atoms with E-state index in [0.717, 1.165) is 19.3 Å². The van der Waals surface area contributed by atoms with Crippen LogP contribution in [0.25, 0.3) is 11.1 Å². The molecule has 1 unspecified atom stereocenters. The molecule has 0 nitrogen and oxygen atoms in total. The Morgan fingerprint density at radius 2 is 1.23 bits per heavy atom. The molecule has 4 aromatic carbocycles. The summed E-state index contributed by atoms with van der Waals surface area (Å²) in [5, 5.41) is 0. The Kier molecular flexibility index (Phi) is 12.2. The molecular formula is C46H54Zr. The van der Waals surface area contributed by atoms with Gasteiger partial charge in [0.25, 0.3) is 0 Å². The van der Waals surface area contributed by atoms with Crippen LogP contribution >= 0.6 is 0 Å². The normalized spacial score (nSPS) is 15.1. The van der Waals surface area contributed by atoms with Crippen molar-refractivity contribution in [2.75, 3.05) is 0 Å². The molecule has 2 aliphatic carbocycles. The molecule has 1 heteroatoms. The predicted molar refractivity (Wildman–Crippen MR) is 201 cm³/mol. The second kappa shape index (κ2) is 15.6. The Morgan fingerprint density at radius 1 is 0.681 bits per heavy atom. The van der Waals surface area contributed by atoms with E-state index in [4.69, 9.17) is 0 Å². The van der Waals surface area contributed by atoms with Crippen molar-refractivity contribution in [2.24, 2.45) is 11.3 Å². The zero-order valence-corrected chi connectivity index (χ0v) is 33.0. The monoisotopic (exact) mass is 696 g/mol. The second-order valence-electron chi connectivity index (χ2n) is 16.2. The summed E-state index contributed by atoms with van der Waals surface area (Å²) < 4.78 is 1.60. The fraction of sp³-hybridized carbons (Fsp3) is 0.370. The van der Waals surface area contributed by atoms with Crippen LogP contribution in [-0.4, -0.2) is 3.21 Å². The Morgan fingerprint density at radius 3 is 1.68 bits per heavy atom. The third-order valence-electron chi connectivity index (χ3n) is 8.78. The molecule has 1 atom stereocenters. The van der Waals surface area contributed by atoms with Gasteiger partial charge in [-0.05, 0) is 28.4 Å². The number of hydrogen-bond donors (Lipinski definition) is 0. The Labute approximate surface area is 301 Å². The summed E-state index contributed by atoms with van der Waals surface area (Å²) in [5.41, 5.74) is 13.3. The van der Waals surface area contributed by atoms with Crippen LogP contribution in [-0.2, 0) is 54.3 Å². The molecule has 0 N–H and O–H groups in total. The molecule has 6 rings (SSSR count). The molecule has 0 spiro atoms. The first-order chi connectivity index (χ1) is 22.0. The number of hydrogen-bond acceptors (Lipinski definition) is 0. The fourth-order valence-corrected chi connectivity index (χ4v) is 6.83. The SMILES string of the molecule is CC(C)(C)c1[c-]c2c(cc1)-c1ccc(C(C)(C)C)cc1C2.CC1[C-]=CC(C(C)(C)C)=C1.[Zr+2]=[C](Cc1ccccc1)Cc1ccccc1. The van der Waals surface area contributed by atoms with Gasteiger partial charge in [-0.2, -0.15) is 35.4 Å². The van der Waals surface area contributed by atoms with Gasteiger partial charge in [-0.1, -0.05) is 104 Å². The number of rotatable bonds is 4. The quantitative estimate of drug-likeness (QED) is 0.164. The molecule has 0 aliphatic heterocycles. The molecule has 0 aromatic heterocycles. The van der Waals surface area contributed by atoms with Gasteiger partial charge in [0, 0.05) is 0 Å². The van der Waals surface area contributed by atoms with Crippen LogP contribution < -0.4 is 0 Å². The molecule has 4 aromatic rings. The van der Waals surface area contributed by atoms with E-state index >= 15 is 0 Å². The van der Waals surface area contributed by atoms with Crippen LogP contribution in [0, 0.1) is 23.5 Å². The summed E-state index contributed by atoms with van der Waals surface area (Å²) in [6.07, 6.45) is 10.9. The molecule has 0 radical (unpaired) electrons. The van der Waals surface area contributed by atoms with Crippen molar-refractivity contribution in [3.63, 3.8) is 0 Å². The second-order valence-corrected chi connectivity index (χ2v) is 18.0. The first-order valence-corrected chi connectivity index (χ1v) is 18.4. The van der Waals surface area contributed by atoms with E-state index in [2.05, 4.69) is 185 Å². The number of benzene rings is 4. The minimum absolute atomic E-state index is 0.167. The van der Waals surface area contributed by atoms with Crippen molar-refractivity contribution >= 4 is 3.21 Å². The molecule has 0 fully saturated rings. The summed E-state index contributed by atoms with van der Waals surface area (Å²) in [6, 6.07) is 36.6. The minimum atomic E-state index is 0.167. The molecule has 0 heterocycles. The third-order valence-corrected chi connectivity index (χ3v) is 9.65. The summed E-state index contributed by atoms with van der Waals surface area (Å²) in [4.78, 5) is 0. The molecule has 0 saturated carbocycles. The summed E-state index contributed by atoms with van der Waals surface area (Å²) in [7, 11) is 0. The van der Waals surface area contributed by atoms with E-state index in [-0.39, 0.29) is 10.8 Å². The van der Waals surface area contributed by atoms with Gasteiger partial charge in [0.15, 0.2) is 0 Å². The van der Waals surface area contributed by atoms with Crippen LogP contribution in [0.15, 0.2) is 109 Å². The average Bonchev–Trinajstić information content (AvgIpc) is 3.61. The average molecular weight is 698 g/mol. The van der Waals surface area contributed by atoms with Crippen LogP contribution in [0.3, 0.4) is 0 Å². The van der Waals surface area contributed by atoms with Crippen molar-refractivity contribution in [3.8, 4) is 11.1 Å². The van der Waals surface area contributed by atoms with Crippen molar-refractivity contribution in [3.05, 3.63) is 154 Å². The van der Waals surface area contributed by atoms with Crippen molar-refractivity contribution < 1.29 is 24.2 Å². The van der Waals surface area contributed by atoms with Crippen LogP contribution in [0.4, 0.5) is 0 Å². The van der Waals surface area contributed by atoms with Crippen molar-refractivity contribution in [2.45, 2.75) is 99.3 Å². The number of allylic oxidation sites excluding steroid dienone is 4. The van der Waals surface area contributed by atoms with Gasteiger partial charge in [0.2, 0.25) is 0 Å². The van der Waals surface area contributed by atoms with E-state index in [0.29, 0.717) is 11.3 Å². The van der Waals surface area contributed by atoms with Gasteiger partial charge in [0.05, 0.1) is 0 Å². The van der Waals surface area contributed by atoms with Gasteiger partial charge in [-0.25, -0.2) is 6.08 Å². The molecule has 242 valence electrons. The van der Waals surface area contributed by atoms with Crippen molar-refractivity contribution in [1.29, 1.82) is 0 Å². The zero-order valence-electron chi connectivity index (χ0n) is 30.5. The Balaban J connectivity index is 0.000000170. The predicted octanol–water partition coefficient (Wildman–Crippen LogP) is 11.8. The first kappa shape index (κ1) is 36.9. The summed E-state index contributed by atoms with van der Waals surface area (Å²) in [5.74, 6) is 0.522. The molecule has 0 saturated heterocycles. The van der Waals surface area contributed by atoms with E-state index in [1.54, 1.807) is 27.4 Å². The molecule has 0 amide bonds.